The molecular formula is C33H31NO6. The molecule has 40 heavy (non-hydrogen) atoms. The molecule has 2 aliphatic heterocycles. The lowest BCUT2D eigenvalue weighted by Crippen LogP contribution is -2.39. The van der Waals surface area contributed by atoms with Crippen LogP contribution in [0.2, 0.25) is 0 Å². The van der Waals surface area contributed by atoms with E-state index in [1.807, 2.05) is 36.5 Å². The molecule has 0 saturated heterocycles. The zero-order valence-electron chi connectivity index (χ0n) is 22.0. The molecule has 0 spiro atoms. The minimum Gasteiger partial charge on any atom is -0.461 e. The average molecular weight is 538 g/mol. The van der Waals surface area contributed by atoms with E-state index in [2.05, 4.69) is 0 Å². The number of ketones is 3. The molecule has 0 aromatic heterocycles. The Balaban J connectivity index is 2.09. The predicted molar refractivity (Wildman–Crippen MR) is 156 cm³/mol. The summed E-state index contributed by atoms with van der Waals surface area (Å²) in [4.78, 5) is 62.5. The van der Waals surface area contributed by atoms with Crippen molar-refractivity contribution in [3.8, 4) is 0 Å². The summed E-state index contributed by atoms with van der Waals surface area (Å²) in [6.45, 7) is -0.131. The summed E-state index contributed by atoms with van der Waals surface area (Å²) < 4.78 is 5.17. The lowest BCUT2D eigenvalue weighted by atomic mass is 10.2. The maximum absolute atomic E-state index is 12.7. The van der Waals surface area contributed by atoms with Crippen molar-refractivity contribution >= 4 is 29.2 Å². The van der Waals surface area contributed by atoms with E-state index in [-0.39, 0.29) is 43.3 Å². The van der Waals surface area contributed by atoms with Crippen LogP contribution in [0.3, 0.4) is 0 Å². The van der Waals surface area contributed by atoms with Crippen molar-refractivity contribution in [1.29, 1.82) is 0 Å². The Bertz CT molecular complexity index is 1310. The van der Waals surface area contributed by atoms with Crippen LogP contribution in [0.5, 0.6) is 0 Å². The molecule has 0 aromatic rings. The van der Waals surface area contributed by atoms with Gasteiger partial charge in [0, 0.05) is 19.4 Å². The van der Waals surface area contributed by atoms with Crippen LogP contribution in [0.4, 0.5) is 0 Å². The van der Waals surface area contributed by atoms with Crippen molar-refractivity contribution in [3.05, 3.63) is 145 Å². The Morgan fingerprint density at radius 1 is 0.575 bits per heavy atom. The number of hydrogen-bond donors (Lipinski definition) is 0. The van der Waals surface area contributed by atoms with Crippen LogP contribution in [-0.2, 0) is 28.7 Å². The summed E-state index contributed by atoms with van der Waals surface area (Å²) in [5, 5.41) is 0. The number of amides is 1. The standard InChI is InChI=1S/C33H31NO6/c35-28-20-14-11-9-7-5-3-1-2-4-6-8-10-12-17-24-31(37)32(38)34-26-19-18-23-30(34)33(39)40-27-25-29(36)22-16-13-15-21-28/h1-21,23-24H,22,25-27H2/b3-1+,4-2+,7-5-,8-6+,11-9+,12-10+,16-13-,20-14+,21-15-,24-17+. The predicted octanol–water partition coefficient (Wildman–Crippen LogP) is 4.88. The Hall–Kier alpha value is -5.17. The lowest BCUT2D eigenvalue weighted by molar-refractivity contribution is -0.147. The van der Waals surface area contributed by atoms with Crippen LogP contribution in [0.25, 0.3) is 0 Å². The molecule has 0 aliphatic carbocycles. The zero-order valence-corrected chi connectivity index (χ0v) is 22.0. The highest BCUT2D eigenvalue weighted by Gasteiger charge is 2.28. The number of cyclic esters (lactones) is 1. The van der Waals surface area contributed by atoms with Gasteiger partial charge in [-0.25, -0.2) is 4.79 Å². The fraction of sp³-hybridized carbons (Fsp3) is 0.121. The first kappa shape index (κ1) is 31.1. The highest BCUT2D eigenvalue weighted by molar-refractivity contribution is 6.41. The number of carbonyl (C=O) groups is 5. The monoisotopic (exact) mass is 537 g/mol. The van der Waals surface area contributed by atoms with Gasteiger partial charge in [-0.2, -0.15) is 0 Å². The minimum atomic E-state index is -0.870. The summed E-state index contributed by atoms with van der Waals surface area (Å²) >= 11 is 0. The van der Waals surface area contributed by atoms with Gasteiger partial charge in [0.1, 0.15) is 11.5 Å². The molecule has 2 heterocycles. The SMILES string of the molecule is O=C1/C=C\C=C/CC(=O)CCOC(=O)C2=CC=CCN2C(=O)C(=O)/C=C/C=C/C=C/C=C/C=C/C=C\C=C\C=C\1. The Morgan fingerprint density at radius 3 is 1.70 bits per heavy atom. The van der Waals surface area contributed by atoms with Gasteiger partial charge < -0.3 is 4.74 Å². The van der Waals surface area contributed by atoms with E-state index in [9.17, 15) is 24.0 Å². The van der Waals surface area contributed by atoms with Gasteiger partial charge in [-0.15, -0.1) is 0 Å². The second kappa shape index (κ2) is 19.0. The fourth-order valence-electron chi connectivity index (χ4n) is 3.07. The zero-order chi connectivity index (χ0) is 28.8. The maximum Gasteiger partial charge on any atom is 0.355 e. The number of carbonyl (C=O) groups excluding carboxylic acids is 5. The third-order valence-corrected chi connectivity index (χ3v) is 5.05. The molecule has 0 unspecified atom stereocenters. The summed E-state index contributed by atoms with van der Waals surface area (Å²) in [6.07, 6.45) is 37.9. The lowest BCUT2D eigenvalue weighted by Gasteiger charge is -2.23. The van der Waals surface area contributed by atoms with Gasteiger partial charge in [0.15, 0.2) is 5.78 Å². The van der Waals surface area contributed by atoms with Crippen molar-refractivity contribution in [2.45, 2.75) is 12.8 Å². The second-order valence-electron chi connectivity index (χ2n) is 8.11. The molecule has 204 valence electrons. The minimum absolute atomic E-state index is 0.0205. The topological polar surface area (TPSA) is 97.8 Å². The first-order chi connectivity index (χ1) is 19.5. The molecule has 0 bridgehead atoms. The van der Waals surface area contributed by atoms with Crippen LogP contribution in [0.15, 0.2) is 145 Å². The number of fused-ring (bicyclic) bond motifs is 1. The van der Waals surface area contributed by atoms with Gasteiger partial charge in [0.2, 0.25) is 5.78 Å². The number of Topliss-reactive ketones (excluding diaryl/α,β-unsaturated/α-hetero) is 1. The largest absolute Gasteiger partial charge is 0.461 e. The van der Waals surface area contributed by atoms with Gasteiger partial charge in [-0.1, -0.05) is 115 Å². The summed E-state index contributed by atoms with van der Waals surface area (Å²) in [7, 11) is 0. The molecule has 1 amide bonds. The molecule has 7 nitrogen and oxygen atoms in total. The van der Waals surface area contributed by atoms with Crippen LogP contribution in [0.1, 0.15) is 12.8 Å². The molecule has 0 radical (unpaired) electrons. The van der Waals surface area contributed by atoms with Crippen LogP contribution in [-0.4, -0.2) is 47.3 Å². The van der Waals surface area contributed by atoms with E-state index < -0.39 is 17.7 Å². The van der Waals surface area contributed by atoms with E-state index >= 15 is 0 Å². The van der Waals surface area contributed by atoms with E-state index in [0.717, 1.165) is 11.0 Å². The van der Waals surface area contributed by atoms with E-state index in [1.165, 1.54) is 24.3 Å². The molecule has 0 atom stereocenters. The molecule has 0 N–H and O–H groups in total. The quantitative estimate of drug-likeness (QED) is 0.323. The third kappa shape index (κ3) is 12.9. The van der Waals surface area contributed by atoms with E-state index in [1.54, 1.807) is 72.9 Å². The van der Waals surface area contributed by atoms with Gasteiger partial charge in [-0.05, 0) is 24.3 Å². The normalized spacial score (nSPS) is 26.6. The maximum atomic E-state index is 12.7. The van der Waals surface area contributed by atoms with Crippen molar-refractivity contribution < 1.29 is 28.7 Å². The summed E-state index contributed by atoms with van der Waals surface area (Å²) in [5.74, 6) is -2.83. The van der Waals surface area contributed by atoms with Crippen molar-refractivity contribution in [2.75, 3.05) is 13.2 Å². The second-order valence-corrected chi connectivity index (χ2v) is 8.11. The molecule has 0 fully saturated rings. The average Bonchev–Trinajstić information content (AvgIpc) is 2.95. The highest BCUT2D eigenvalue weighted by Crippen LogP contribution is 2.13. The van der Waals surface area contributed by atoms with Crippen LogP contribution in [0, 0.1) is 0 Å². The highest BCUT2D eigenvalue weighted by atomic mass is 16.5. The van der Waals surface area contributed by atoms with Gasteiger partial charge in [-0.3, -0.25) is 24.1 Å². The van der Waals surface area contributed by atoms with Gasteiger partial charge >= 0.3 is 5.97 Å². The van der Waals surface area contributed by atoms with Gasteiger partial charge in [0.05, 0.1) is 6.61 Å². The summed E-state index contributed by atoms with van der Waals surface area (Å²) in [5.41, 5.74) is -0.0777. The molecule has 7 heteroatoms. The number of hydrogen-bond acceptors (Lipinski definition) is 6. The van der Waals surface area contributed by atoms with Crippen LogP contribution >= 0.6 is 0 Å². The van der Waals surface area contributed by atoms with Crippen molar-refractivity contribution in [3.63, 3.8) is 0 Å². The first-order valence-corrected chi connectivity index (χ1v) is 12.6. The number of ether oxygens (including phenoxy) is 1. The van der Waals surface area contributed by atoms with Crippen molar-refractivity contribution in [2.24, 2.45) is 0 Å². The molecule has 0 aromatic carbocycles. The number of esters is 1. The molecule has 2 rings (SSSR count). The van der Waals surface area contributed by atoms with E-state index in [0.29, 0.717) is 0 Å². The third-order valence-electron chi connectivity index (χ3n) is 5.05. The van der Waals surface area contributed by atoms with Crippen LogP contribution < -0.4 is 0 Å². The first-order valence-electron chi connectivity index (χ1n) is 12.6. The molecule has 2 aliphatic rings. The molecule has 0 saturated carbocycles. The number of allylic oxidation sites excluding steroid dienone is 21. The number of nitrogens with zero attached hydrogens (tertiary/aromatic N) is 1. The number of rotatable bonds is 0. The Morgan fingerprint density at radius 2 is 1.10 bits per heavy atom. The Labute approximate surface area is 234 Å². The van der Waals surface area contributed by atoms with Crippen molar-refractivity contribution in [1.82, 2.24) is 4.90 Å². The smallest absolute Gasteiger partial charge is 0.355 e. The summed E-state index contributed by atoms with van der Waals surface area (Å²) in [6, 6.07) is 0. The fourth-order valence-corrected chi connectivity index (χ4v) is 3.07. The van der Waals surface area contributed by atoms with E-state index in [4.69, 9.17) is 4.74 Å². The Kier molecular flexibility index (Phi) is 14.7. The molecular weight excluding hydrogens is 506 g/mol. The van der Waals surface area contributed by atoms with Gasteiger partial charge in [0.25, 0.3) is 5.91 Å².